The Labute approximate surface area is 116 Å². The third kappa shape index (κ3) is 2.10. The van der Waals surface area contributed by atoms with E-state index in [1.807, 2.05) is 0 Å². The number of nitro groups is 1. The molecule has 0 spiro atoms. The molecule has 0 amide bonds. The molecule has 3 aromatic rings. The zero-order valence-corrected chi connectivity index (χ0v) is 10.6. The van der Waals surface area contributed by atoms with Gasteiger partial charge in [-0.15, -0.1) is 0 Å². The standard InChI is InChI=1S/C14H8N2O5/c17-13-11-3-1-2-4-12(11)21-14(18)15(13)9-5-7-10(8-6-9)16(19)20/h1-8H. The molecule has 3 rings (SSSR count). The van der Waals surface area contributed by atoms with Gasteiger partial charge in [-0.2, -0.15) is 0 Å². The van der Waals surface area contributed by atoms with Gasteiger partial charge in [0.15, 0.2) is 0 Å². The Kier molecular flexibility index (Phi) is 2.87. The molecule has 7 nitrogen and oxygen atoms in total. The van der Waals surface area contributed by atoms with Crippen LogP contribution in [0, 0.1) is 10.1 Å². The molecule has 0 aliphatic rings. The summed E-state index contributed by atoms with van der Waals surface area (Å²) in [5.41, 5.74) is -0.247. The van der Waals surface area contributed by atoms with Crippen LogP contribution < -0.4 is 11.3 Å². The Morgan fingerprint density at radius 2 is 1.67 bits per heavy atom. The summed E-state index contributed by atoms with van der Waals surface area (Å²) in [6, 6.07) is 11.5. The van der Waals surface area contributed by atoms with Gasteiger partial charge < -0.3 is 4.42 Å². The molecule has 0 saturated heterocycles. The third-order valence-electron chi connectivity index (χ3n) is 3.02. The van der Waals surface area contributed by atoms with E-state index >= 15 is 0 Å². The highest BCUT2D eigenvalue weighted by Gasteiger charge is 2.12. The second kappa shape index (κ2) is 4.71. The summed E-state index contributed by atoms with van der Waals surface area (Å²) < 4.78 is 5.92. The van der Waals surface area contributed by atoms with E-state index in [1.165, 1.54) is 30.3 Å². The van der Waals surface area contributed by atoms with E-state index in [-0.39, 0.29) is 22.3 Å². The highest BCUT2D eigenvalue weighted by Crippen LogP contribution is 2.14. The van der Waals surface area contributed by atoms with Crippen molar-refractivity contribution in [1.29, 1.82) is 0 Å². The second-order valence-corrected chi connectivity index (χ2v) is 4.28. The number of nitro benzene ring substituents is 1. The van der Waals surface area contributed by atoms with Crippen LogP contribution in [0.15, 0.2) is 62.5 Å². The predicted octanol–water partition coefficient (Wildman–Crippen LogP) is 1.85. The molecular weight excluding hydrogens is 276 g/mol. The van der Waals surface area contributed by atoms with Crippen molar-refractivity contribution < 1.29 is 9.34 Å². The number of hydrogen-bond acceptors (Lipinski definition) is 5. The smallest absolute Gasteiger partial charge is 0.409 e. The van der Waals surface area contributed by atoms with E-state index in [0.29, 0.717) is 0 Å². The average molecular weight is 284 g/mol. The van der Waals surface area contributed by atoms with Gasteiger partial charge in [-0.1, -0.05) is 12.1 Å². The first kappa shape index (κ1) is 12.8. The normalized spacial score (nSPS) is 10.7. The monoisotopic (exact) mass is 284 g/mol. The molecule has 0 aliphatic heterocycles. The molecule has 104 valence electrons. The molecule has 0 saturated carbocycles. The molecule has 0 fully saturated rings. The molecule has 0 bridgehead atoms. The Hall–Kier alpha value is -3.22. The number of hydrogen-bond donors (Lipinski definition) is 0. The fourth-order valence-electron chi connectivity index (χ4n) is 2.02. The molecule has 0 aliphatic carbocycles. The summed E-state index contributed by atoms with van der Waals surface area (Å²) in [5, 5.41) is 10.9. The van der Waals surface area contributed by atoms with Crippen LogP contribution >= 0.6 is 0 Å². The lowest BCUT2D eigenvalue weighted by Gasteiger charge is -2.04. The average Bonchev–Trinajstić information content (AvgIpc) is 2.48. The number of benzene rings is 2. The van der Waals surface area contributed by atoms with E-state index in [4.69, 9.17) is 4.42 Å². The lowest BCUT2D eigenvalue weighted by Crippen LogP contribution is -2.30. The van der Waals surface area contributed by atoms with Gasteiger partial charge >= 0.3 is 5.76 Å². The van der Waals surface area contributed by atoms with E-state index in [9.17, 15) is 19.7 Å². The molecule has 0 N–H and O–H groups in total. The van der Waals surface area contributed by atoms with Gasteiger partial charge in [-0.05, 0) is 24.3 Å². The Bertz CT molecular complexity index is 954. The summed E-state index contributed by atoms with van der Waals surface area (Å²) >= 11 is 0. The van der Waals surface area contributed by atoms with Crippen LogP contribution in [-0.4, -0.2) is 9.49 Å². The summed E-state index contributed by atoms with van der Waals surface area (Å²) in [6.07, 6.45) is 0. The number of para-hydroxylation sites is 1. The zero-order valence-electron chi connectivity index (χ0n) is 10.6. The van der Waals surface area contributed by atoms with Crippen molar-refractivity contribution >= 4 is 16.7 Å². The first-order chi connectivity index (χ1) is 10.1. The summed E-state index contributed by atoms with van der Waals surface area (Å²) in [4.78, 5) is 34.3. The maximum atomic E-state index is 12.3. The lowest BCUT2D eigenvalue weighted by atomic mass is 10.2. The topological polar surface area (TPSA) is 95.3 Å². The number of rotatable bonds is 2. The first-order valence-electron chi connectivity index (χ1n) is 5.97. The SMILES string of the molecule is O=c1oc2ccccc2c(=O)n1-c1ccc([N+](=O)[O-])cc1. The zero-order chi connectivity index (χ0) is 15.0. The van der Waals surface area contributed by atoms with Crippen molar-refractivity contribution in [3.05, 3.63) is 79.5 Å². The number of fused-ring (bicyclic) bond motifs is 1. The fraction of sp³-hybridized carbons (Fsp3) is 0. The van der Waals surface area contributed by atoms with Gasteiger partial charge in [-0.25, -0.2) is 9.36 Å². The largest absolute Gasteiger partial charge is 0.426 e. The molecule has 21 heavy (non-hydrogen) atoms. The maximum Gasteiger partial charge on any atom is 0.426 e. The van der Waals surface area contributed by atoms with Gasteiger partial charge in [-0.3, -0.25) is 14.9 Å². The Morgan fingerprint density at radius 1 is 1.00 bits per heavy atom. The van der Waals surface area contributed by atoms with Crippen LogP contribution in [0.5, 0.6) is 0 Å². The number of nitrogens with zero attached hydrogens (tertiary/aromatic N) is 2. The molecule has 0 atom stereocenters. The van der Waals surface area contributed by atoms with Crippen molar-refractivity contribution in [2.24, 2.45) is 0 Å². The van der Waals surface area contributed by atoms with Crippen LogP contribution in [0.2, 0.25) is 0 Å². The van der Waals surface area contributed by atoms with Gasteiger partial charge in [0.25, 0.3) is 11.2 Å². The summed E-state index contributed by atoms with van der Waals surface area (Å²) in [7, 11) is 0. The van der Waals surface area contributed by atoms with Crippen molar-refractivity contribution in [3.8, 4) is 5.69 Å². The third-order valence-corrected chi connectivity index (χ3v) is 3.02. The summed E-state index contributed by atoms with van der Waals surface area (Å²) in [6.45, 7) is 0. The second-order valence-electron chi connectivity index (χ2n) is 4.28. The van der Waals surface area contributed by atoms with Crippen LogP contribution in [-0.2, 0) is 0 Å². The number of aromatic nitrogens is 1. The fourth-order valence-corrected chi connectivity index (χ4v) is 2.02. The van der Waals surface area contributed by atoms with Gasteiger partial charge in [0.2, 0.25) is 0 Å². The first-order valence-corrected chi connectivity index (χ1v) is 5.97. The lowest BCUT2D eigenvalue weighted by molar-refractivity contribution is -0.384. The van der Waals surface area contributed by atoms with Crippen LogP contribution in [0.25, 0.3) is 16.7 Å². The minimum Gasteiger partial charge on any atom is -0.409 e. The van der Waals surface area contributed by atoms with E-state index in [0.717, 1.165) is 4.57 Å². The van der Waals surface area contributed by atoms with Crippen molar-refractivity contribution in [3.63, 3.8) is 0 Å². The van der Waals surface area contributed by atoms with E-state index in [1.54, 1.807) is 18.2 Å². The highest BCUT2D eigenvalue weighted by atomic mass is 16.6. The van der Waals surface area contributed by atoms with E-state index in [2.05, 4.69) is 0 Å². The quantitative estimate of drug-likeness (QED) is 0.528. The Morgan fingerprint density at radius 3 is 2.33 bits per heavy atom. The minimum atomic E-state index is -0.840. The maximum absolute atomic E-state index is 12.3. The molecule has 0 radical (unpaired) electrons. The molecular formula is C14H8N2O5. The molecule has 1 aromatic heterocycles. The Balaban J connectivity index is 2.27. The van der Waals surface area contributed by atoms with Crippen LogP contribution in [0.1, 0.15) is 0 Å². The number of non-ortho nitro benzene ring substituents is 1. The van der Waals surface area contributed by atoms with Gasteiger partial charge in [0, 0.05) is 12.1 Å². The van der Waals surface area contributed by atoms with Crippen LogP contribution in [0.3, 0.4) is 0 Å². The van der Waals surface area contributed by atoms with Gasteiger partial charge in [0.1, 0.15) is 5.58 Å². The van der Waals surface area contributed by atoms with E-state index < -0.39 is 16.2 Å². The predicted molar refractivity (Wildman–Crippen MR) is 74.7 cm³/mol. The molecule has 2 aromatic carbocycles. The van der Waals surface area contributed by atoms with Crippen LogP contribution in [0.4, 0.5) is 5.69 Å². The minimum absolute atomic E-state index is 0.128. The van der Waals surface area contributed by atoms with Crippen molar-refractivity contribution in [1.82, 2.24) is 4.57 Å². The summed E-state index contributed by atoms with van der Waals surface area (Å²) in [5.74, 6) is -0.840. The molecule has 0 unspecified atom stereocenters. The highest BCUT2D eigenvalue weighted by molar-refractivity contribution is 5.75. The van der Waals surface area contributed by atoms with Crippen molar-refractivity contribution in [2.45, 2.75) is 0 Å². The van der Waals surface area contributed by atoms with Gasteiger partial charge in [0.05, 0.1) is 16.0 Å². The van der Waals surface area contributed by atoms with Crippen molar-refractivity contribution in [2.75, 3.05) is 0 Å². The molecule has 1 heterocycles. The molecule has 7 heteroatoms.